The first kappa shape index (κ1) is 14.8. The van der Waals surface area contributed by atoms with Gasteiger partial charge in [0, 0.05) is 32.7 Å². The summed E-state index contributed by atoms with van der Waals surface area (Å²) in [6.45, 7) is 3.00. The predicted octanol–water partition coefficient (Wildman–Crippen LogP) is 0.436. The molecule has 9 nitrogen and oxygen atoms in total. The average molecular weight is 326 g/mol. The Balaban J connectivity index is 1.55. The van der Waals surface area contributed by atoms with Crippen LogP contribution in [-0.4, -0.2) is 44.4 Å². The topological polar surface area (TPSA) is 119 Å². The van der Waals surface area contributed by atoms with Gasteiger partial charge in [-0.2, -0.15) is 10.2 Å². The average Bonchev–Trinajstić information content (AvgIpc) is 3.20. The number of ether oxygens (including phenoxy) is 1. The molecule has 0 radical (unpaired) electrons. The Labute approximate surface area is 139 Å². The molecule has 0 bridgehead atoms. The van der Waals surface area contributed by atoms with Crippen LogP contribution < -0.4 is 10.6 Å². The molecule has 24 heavy (non-hydrogen) atoms. The Bertz CT molecular complexity index is 789. The first-order chi connectivity index (χ1) is 11.8. The molecule has 9 heteroatoms. The molecule has 2 aliphatic rings. The van der Waals surface area contributed by atoms with Crippen molar-refractivity contribution in [3.05, 3.63) is 23.4 Å². The van der Waals surface area contributed by atoms with Gasteiger partial charge in [0.2, 0.25) is 5.95 Å². The molecule has 0 aliphatic carbocycles. The van der Waals surface area contributed by atoms with Gasteiger partial charge in [0.25, 0.3) is 0 Å². The van der Waals surface area contributed by atoms with Crippen molar-refractivity contribution >= 4 is 11.8 Å². The van der Waals surface area contributed by atoms with Gasteiger partial charge in [0.05, 0.1) is 6.20 Å². The molecule has 0 unspecified atom stereocenters. The van der Waals surface area contributed by atoms with Gasteiger partial charge in [-0.3, -0.25) is 0 Å². The minimum absolute atomic E-state index is 0.0552. The molecule has 4 heterocycles. The van der Waals surface area contributed by atoms with Crippen LogP contribution in [0.3, 0.4) is 0 Å². The van der Waals surface area contributed by atoms with Crippen LogP contribution >= 0.6 is 0 Å². The van der Waals surface area contributed by atoms with E-state index in [-0.39, 0.29) is 11.9 Å². The zero-order chi connectivity index (χ0) is 16.5. The number of nitrogens with zero attached hydrogens (tertiary/aromatic N) is 7. The second-order valence-corrected chi connectivity index (χ2v) is 5.95. The van der Waals surface area contributed by atoms with Crippen LogP contribution in [0.25, 0.3) is 0 Å². The molecule has 1 fully saturated rings. The van der Waals surface area contributed by atoms with Gasteiger partial charge in [-0.25, -0.2) is 4.98 Å². The predicted molar refractivity (Wildman–Crippen MR) is 85.0 cm³/mol. The normalized spacial score (nSPS) is 20.5. The highest BCUT2D eigenvalue weighted by atomic mass is 16.5. The van der Waals surface area contributed by atoms with Crippen LogP contribution in [0.5, 0.6) is 0 Å². The lowest BCUT2D eigenvalue weighted by Gasteiger charge is -2.20. The van der Waals surface area contributed by atoms with Crippen LogP contribution in [0.1, 0.15) is 36.2 Å². The van der Waals surface area contributed by atoms with Gasteiger partial charge >= 0.3 is 0 Å². The van der Waals surface area contributed by atoms with Crippen molar-refractivity contribution in [3.8, 4) is 6.07 Å². The lowest BCUT2D eigenvalue weighted by Crippen LogP contribution is -2.29. The summed E-state index contributed by atoms with van der Waals surface area (Å²) in [4.78, 5) is 10.6. The summed E-state index contributed by atoms with van der Waals surface area (Å²) in [7, 11) is 0. The lowest BCUT2D eigenvalue weighted by molar-refractivity contribution is 0.101. The van der Waals surface area contributed by atoms with E-state index in [2.05, 4.69) is 29.6 Å². The maximum absolute atomic E-state index is 8.94. The molecular weight excluding hydrogens is 308 g/mol. The third-order valence-corrected chi connectivity index (χ3v) is 4.48. The summed E-state index contributed by atoms with van der Waals surface area (Å²) in [5.74, 6) is 2.64. The first-order valence-corrected chi connectivity index (χ1v) is 8.07. The van der Waals surface area contributed by atoms with Gasteiger partial charge in [0.1, 0.15) is 29.4 Å². The van der Waals surface area contributed by atoms with Crippen LogP contribution in [-0.2, 0) is 17.7 Å². The number of nitrogen functional groups attached to an aromatic ring is 1. The standard InChI is InChI=1S/C15H18N8O/c16-8-10-9-18-15(19-13(10)17)22-4-3-12-20-21-14(23(12)6-5-22)11-2-1-7-24-11/h9,11H,1-7H2,(H2,17,18,19)/t11-/m0/s1. The fraction of sp³-hybridized carbons (Fsp3) is 0.533. The fourth-order valence-corrected chi connectivity index (χ4v) is 3.19. The van der Waals surface area contributed by atoms with E-state index in [0.717, 1.165) is 57.2 Å². The van der Waals surface area contributed by atoms with Crippen LogP contribution in [0.4, 0.5) is 11.8 Å². The maximum atomic E-state index is 8.94. The summed E-state index contributed by atoms with van der Waals surface area (Å²) >= 11 is 0. The summed E-state index contributed by atoms with van der Waals surface area (Å²) in [6.07, 6.45) is 4.34. The Morgan fingerprint density at radius 2 is 2.21 bits per heavy atom. The summed E-state index contributed by atoms with van der Waals surface area (Å²) < 4.78 is 7.90. The van der Waals surface area contributed by atoms with Gasteiger partial charge in [-0.1, -0.05) is 0 Å². The highest BCUT2D eigenvalue weighted by molar-refractivity contribution is 5.50. The van der Waals surface area contributed by atoms with E-state index in [0.29, 0.717) is 11.5 Å². The van der Waals surface area contributed by atoms with E-state index in [1.54, 1.807) is 0 Å². The summed E-state index contributed by atoms with van der Waals surface area (Å²) in [6, 6.07) is 1.98. The molecule has 2 aromatic heterocycles. The molecule has 2 N–H and O–H groups in total. The molecule has 1 saturated heterocycles. The zero-order valence-corrected chi connectivity index (χ0v) is 13.2. The van der Waals surface area contributed by atoms with Gasteiger partial charge in [0.15, 0.2) is 5.82 Å². The van der Waals surface area contributed by atoms with Crippen LogP contribution in [0.2, 0.25) is 0 Å². The first-order valence-electron chi connectivity index (χ1n) is 8.07. The molecule has 0 saturated carbocycles. The number of rotatable bonds is 2. The van der Waals surface area contributed by atoms with Crippen molar-refractivity contribution in [2.75, 3.05) is 30.3 Å². The van der Waals surface area contributed by atoms with E-state index >= 15 is 0 Å². The van der Waals surface area contributed by atoms with Crippen molar-refractivity contribution in [3.63, 3.8) is 0 Å². The largest absolute Gasteiger partial charge is 0.382 e. The highest BCUT2D eigenvalue weighted by Gasteiger charge is 2.27. The Kier molecular flexibility index (Phi) is 3.74. The third kappa shape index (κ3) is 2.55. The molecule has 2 aliphatic heterocycles. The second kappa shape index (κ2) is 6.05. The number of hydrogen-bond acceptors (Lipinski definition) is 8. The minimum atomic E-state index is 0.0552. The maximum Gasteiger partial charge on any atom is 0.227 e. The SMILES string of the molecule is N#Cc1cnc(N2CCc3nnc([C@@H]4CCCO4)n3CC2)nc1N. The summed E-state index contributed by atoms with van der Waals surface area (Å²) in [5.41, 5.74) is 6.10. The number of fused-ring (bicyclic) bond motifs is 1. The molecule has 1 atom stereocenters. The quantitative estimate of drug-likeness (QED) is 0.844. The third-order valence-electron chi connectivity index (χ3n) is 4.48. The van der Waals surface area contributed by atoms with Crippen molar-refractivity contribution in [2.45, 2.75) is 31.9 Å². The monoisotopic (exact) mass is 326 g/mol. The van der Waals surface area contributed by atoms with Gasteiger partial charge < -0.3 is 19.9 Å². The van der Waals surface area contributed by atoms with E-state index < -0.39 is 0 Å². The molecule has 0 aromatic carbocycles. The molecule has 124 valence electrons. The lowest BCUT2D eigenvalue weighted by atomic mass is 10.2. The van der Waals surface area contributed by atoms with E-state index in [9.17, 15) is 0 Å². The Hall–Kier alpha value is -2.73. The molecular formula is C15H18N8O. The number of anilines is 2. The van der Waals surface area contributed by atoms with E-state index in [4.69, 9.17) is 15.7 Å². The Morgan fingerprint density at radius 1 is 1.29 bits per heavy atom. The van der Waals surface area contributed by atoms with Crippen molar-refractivity contribution < 1.29 is 4.74 Å². The smallest absolute Gasteiger partial charge is 0.227 e. The fourth-order valence-electron chi connectivity index (χ4n) is 3.19. The van der Waals surface area contributed by atoms with Crippen LogP contribution in [0.15, 0.2) is 6.20 Å². The van der Waals surface area contributed by atoms with E-state index in [1.165, 1.54) is 6.20 Å². The number of hydrogen-bond donors (Lipinski definition) is 1. The van der Waals surface area contributed by atoms with Gasteiger partial charge in [-0.05, 0) is 12.8 Å². The second-order valence-electron chi connectivity index (χ2n) is 5.95. The van der Waals surface area contributed by atoms with Crippen molar-refractivity contribution in [1.29, 1.82) is 5.26 Å². The van der Waals surface area contributed by atoms with Crippen molar-refractivity contribution in [1.82, 2.24) is 24.7 Å². The minimum Gasteiger partial charge on any atom is -0.382 e. The molecule has 4 rings (SSSR count). The number of nitriles is 1. The zero-order valence-electron chi connectivity index (χ0n) is 13.2. The summed E-state index contributed by atoms with van der Waals surface area (Å²) in [5, 5.41) is 17.6. The molecule has 2 aromatic rings. The Morgan fingerprint density at radius 3 is 2.96 bits per heavy atom. The van der Waals surface area contributed by atoms with Crippen LogP contribution in [0, 0.1) is 11.3 Å². The van der Waals surface area contributed by atoms with E-state index in [1.807, 2.05) is 6.07 Å². The van der Waals surface area contributed by atoms with Crippen molar-refractivity contribution in [2.24, 2.45) is 0 Å². The van der Waals surface area contributed by atoms with Gasteiger partial charge in [-0.15, -0.1) is 10.2 Å². The highest BCUT2D eigenvalue weighted by Crippen LogP contribution is 2.28. The molecule has 0 amide bonds. The number of aromatic nitrogens is 5. The number of nitrogens with two attached hydrogens (primary N) is 1. The molecule has 0 spiro atoms.